The maximum atomic E-state index is 13.0. The van der Waals surface area contributed by atoms with Crippen molar-refractivity contribution in [2.75, 3.05) is 25.1 Å². The highest BCUT2D eigenvalue weighted by atomic mass is 16.5. The number of aromatic nitrogens is 2. The summed E-state index contributed by atoms with van der Waals surface area (Å²) in [5, 5.41) is 0. The predicted molar refractivity (Wildman–Crippen MR) is 120 cm³/mol. The van der Waals surface area contributed by atoms with Gasteiger partial charge in [-0.25, -0.2) is 9.67 Å². The van der Waals surface area contributed by atoms with Crippen LogP contribution in [0.15, 0.2) is 58.3 Å². The maximum absolute atomic E-state index is 13.0. The zero-order valence-electron chi connectivity index (χ0n) is 17.7. The lowest BCUT2D eigenvalue weighted by Crippen LogP contribution is -2.21. The third kappa shape index (κ3) is 3.97. The van der Waals surface area contributed by atoms with Crippen LogP contribution in [0.5, 0.6) is 5.75 Å². The summed E-state index contributed by atoms with van der Waals surface area (Å²) in [5.74, 6) is 0.732. The highest BCUT2D eigenvalue weighted by molar-refractivity contribution is 5.86. The molecule has 6 nitrogen and oxygen atoms in total. The second kappa shape index (κ2) is 8.82. The molecule has 0 bridgehead atoms. The molecule has 152 valence electrons. The number of aliphatic imine (C=N–C) groups is 1. The second-order valence-corrected chi connectivity index (χ2v) is 6.77. The van der Waals surface area contributed by atoms with Crippen LogP contribution in [0.1, 0.15) is 25.1 Å². The highest BCUT2D eigenvalue weighted by Crippen LogP contribution is 2.25. The van der Waals surface area contributed by atoms with Gasteiger partial charge in [0.15, 0.2) is 5.69 Å². The zero-order valence-corrected chi connectivity index (χ0v) is 17.7. The number of hydrogen-bond donors (Lipinski definition) is 0. The van der Waals surface area contributed by atoms with Crippen molar-refractivity contribution in [2.45, 2.75) is 20.8 Å². The van der Waals surface area contributed by atoms with Gasteiger partial charge >= 0.3 is 0 Å². The van der Waals surface area contributed by atoms with E-state index < -0.39 is 0 Å². The van der Waals surface area contributed by atoms with E-state index in [1.165, 1.54) is 0 Å². The van der Waals surface area contributed by atoms with Crippen LogP contribution in [0.3, 0.4) is 0 Å². The summed E-state index contributed by atoms with van der Waals surface area (Å²) in [4.78, 5) is 19.8. The molecule has 2 aromatic carbocycles. The van der Waals surface area contributed by atoms with Crippen LogP contribution in [0, 0.1) is 6.92 Å². The van der Waals surface area contributed by atoms with E-state index in [0.29, 0.717) is 5.69 Å². The van der Waals surface area contributed by atoms with Gasteiger partial charge in [-0.15, -0.1) is 0 Å². The number of ether oxygens (including phenoxy) is 1. The monoisotopic (exact) mass is 392 g/mol. The molecule has 0 aliphatic rings. The Hall–Kier alpha value is -3.28. The van der Waals surface area contributed by atoms with Crippen LogP contribution in [0.2, 0.25) is 0 Å². The summed E-state index contributed by atoms with van der Waals surface area (Å²) in [6.07, 6.45) is 1.70. The van der Waals surface area contributed by atoms with E-state index in [0.717, 1.165) is 41.5 Å². The van der Waals surface area contributed by atoms with Gasteiger partial charge in [0.25, 0.3) is 5.56 Å². The molecule has 3 rings (SSSR count). The van der Waals surface area contributed by atoms with Crippen LogP contribution in [-0.4, -0.2) is 35.8 Å². The average molecular weight is 393 g/mol. The van der Waals surface area contributed by atoms with E-state index in [2.05, 4.69) is 29.8 Å². The van der Waals surface area contributed by atoms with Gasteiger partial charge in [0.2, 0.25) is 0 Å². The zero-order chi connectivity index (χ0) is 21.0. The molecule has 0 N–H and O–H groups in total. The van der Waals surface area contributed by atoms with Crippen LogP contribution >= 0.6 is 0 Å². The first-order valence-electron chi connectivity index (χ1n) is 9.82. The van der Waals surface area contributed by atoms with Crippen LogP contribution < -0.4 is 15.2 Å². The fourth-order valence-corrected chi connectivity index (χ4v) is 3.43. The molecule has 0 aliphatic heterocycles. The van der Waals surface area contributed by atoms with E-state index >= 15 is 0 Å². The minimum Gasteiger partial charge on any atom is -0.496 e. The first kappa shape index (κ1) is 20.5. The Balaban J connectivity index is 2.00. The Bertz CT molecular complexity index is 1060. The van der Waals surface area contributed by atoms with Crippen molar-refractivity contribution in [3.63, 3.8) is 0 Å². The summed E-state index contributed by atoms with van der Waals surface area (Å²) in [6.45, 7) is 8.00. The van der Waals surface area contributed by atoms with Crippen LogP contribution in [0.4, 0.5) is 11.4 Å². The Morgan fingerprint density at radius 1 is 1.10 bits per heavy atom. The van der Waals surface area contributed by atoms with Crippen molar-refractivity contribution >= 4 is 17.6 Å². The van der Waals surface area contributed by atoms with Crippen molar-refractivity contribution in [1.29, 1.82) is 0 Å². The number of para-hydroxylation sites is 1. The molecule has 0 unspecified atom stereocenters. The highest BCUT2D eigenvalue weighted by Gasteiger charge is 2.15. The number of nitrogens with zero attached hydrogens (tertiary/aromatic N) is 4. The predicted octanol–water partition coefficient (Wildman–Crippen LogP) is 4.09. The molecule has 0 aliphatic carbocycles. The van der Waals surface area contributed by atoms with Gasteiger partial charge in [0, 0.05) is 43.7 Å². The van der Waals surface area contributed by atoms with Crippen molar-refractivity contribution in [3.05, 3.63) is 70.1 Å². The maximum Gasteiger partial charge on any atom is 0.297 e. The van der Waals surface area contributed by atoms with Gasteiger partial charge in [0.1, 0.15) is 5.75 Å². The molecule has 1 aromatic heterocycles. The third-order valence-electron chi connectivity index (χ3n) is 5.20. The van der Waals surface area contributed by atoms with Gasteiger partial charge in [-0.1, -0.05) is 18.2 Å². The van der Waals surface area contributed by atoms with E-state index in [1.54, 1.807) is 18.0 Å². The summed E-state index contributed by atoms with van der Waals surface area (Å²) in [7, 11) is 3.51. The fraction of sp³-hybridized carbons (Fsp3) is 0.304. The summed E-state index contributed by atoms with van der Waals surface area (Å²) in [5.41, 5.74) is 3.82. The minimum absolute atomic E-state index is 0.147. The number of benzene rings is 2. The van der Waals surface area contributed by atoms with Crippen molar-refractivity contribution < 1.29 is 4.74 Å². The number of anilines is 1. The first-order valence-corrected chi connectivity index (χ1v) is 9.82. The molecular formula is C23H28N4O2. The molecule has 0 saturated carbocycles. The van der Waals surface area contributed by atoms with Crippen molar-refractivity contribution in [1.82, 2.24) is 9.36 Å². The van der Waals surface area contributed by atoms with Gasteiger partial charge in [-0.3, -0.25) is 9.48 Å². The molecule has 0 amide bonds. The van der Waals surface area contributed by atoms with E-state index in [1.807, 2.05) is 61.1 Å². The number of methoxy groups -OCH3 is 1. The standard InChI is InChI=1S/C23H28N4O2/c1-6-26(7-2)20-14-13-18(21(15-20)29-5)16-24-22-17(3)25(4)27(23(22)28)19-11-9-8-10-12-19/h8-16H,6-7H2,1-5H3. The Morgan fingerprint density at radius 3 is 2.41 bits per heavy atom. The molecule has 3 aromatic rings. The van der Waals surface area contributed by atoms with Gasteiger partial charge in [-0.05, 0) is 45.0 Å². The van der Waals surface area contributed by atoms with Crippen LogP contribution in [0.25, 0.3) is 5.69 Å². The van der Waals surface area contributed by atoms with Gasteiger partial charge in [-0.2, -0.15) is 0 Å². The number of hydrogen-bond acceptors (Lipinski definition) is 4. The molecule has 1 heterocycles. The summed E-state index contributed by atoms with van der Waals surface area (Å²) >= 11 is 0. The van der Waals surface area contributed by atoms with Gasteiger partial charge < -0.3 is 9.64 Å². The molecular weight excluding hydrogens is 364 g/mol. The van der Waals surface area contributed by atoms with Crippen molar-refractivity contribution in [2.24, 2.45) is 12.0 Å². The normalized spacial score (nSPS) is 11.2. The quantitative estimate of drug-likeness (QED) is 0.569. The number of rotatable bonds is 7. The van der Waals surface area contributed by atoms with E-state index in [-0.39, 0.29) is 5.56 Å². The summed E-state index contributed by atoms with van der Waals surface area (Å²) < 4.78 is 9.02. The molecule has 0 fully saturated rings. The lowest BCUT2D eigenvalue weighted by atomic mass is 10.1. The smallest absolute Gasteiger partial charge is 0.297 e. The lowest BCUT2D eigenvalue weighted by Gasteiger charge is -2.21. The average Bonchev–Trinajstić information content (AvgIpc) is 2.96. The molecule has 0 radical (unpaired) electrons. The van der Waals surface area contributed by atoms with Crippen LogP contribution in [-0.2, 0) is 7.05 Å². The molecule has 6 heteroatoms. The van der Waals surface area contributed by atoms with E-state index in [9.17, 15) is 4.79 Å². The summed E-state index contributed by atoms with van der Waals surface area (Å²) in [6, 6.07) is 15.6. The topological polar surface area (TPSA) is 51.8 Å². The fourth-order valence-electron chi connectivity index (χ4n) is 3.43. The molecule has 0 atom stereocenters. The third-order valence-corrected chi connectivity index (χ3v) is 5.20. The Morgan fingerprint density at radius 2 is 1.79 bits per heavy atom. The largest absolute Gasteiger partial charge is 0.496 e. The molecule has 0 spiro atoms. The second-order valence-electron chi connectivity index (χ2n) is 6.77. The Labute approximate surface area is 171 Å². The molecule has 29 heavy (non-hydrogen) atoms. The van der Waals surface area contributed by atoms with Gasteiger partial charge in [0.05, 0.1) is 18.5 Å². The van der Waals surface area contributed by atoms with E-state index in [4.69, 9.17) is 4.74 Å². The Kier molecular flexibility index (Phi) is 6.22. The minimum atomic E-state index is -0.147. The van der Waals surface area contributed by atoms with Crippen molar-refractivity contribution in [3.8, 4) is 11.4 Å². The molecule has 0 saturated heterocycles. The SMILES string of the molecule is CCN(CC)c1ccc(C=Nc2c(C)n(C)n(-c3ccccc3)c2=O)c(OC)c1. The lowest BCUT2D eigenvalue weighted by molar-refractivity contribution is 0.414. The first-order chi connectivity index (χ1) is 14.0.